The standard InChI is InChI=1S/C12H15N3/c13-11-6-7-15(9-12(11)14)8-10-4-2-1-3-5-10/h1-7H,8-9,13-14H2. The average molecular weight is 201 g/mol. The van der Waals surface area contributed by atoms with Gasteiger partial charge in [0.2, 0.25) is 0 Å². The minimum absolute atomic E-state index is 0.680. The van der Waals surface area contributed by atoms with Gasteiger partial charge in [0.1, 0.15) is 0 Å². The summed E-state index contributed by atoms with van der Waals surface area (Å²) in [6, 6.07) is 10.3. The highest BCUT2D eigenvalue weighted by Crippen LogP contribution is 2.11. The van der Waals surface area contributed by atoms with Crippen molar-refractivity contribution in [2.45, 2.75) is 6.54 Å². The molecule has 0 aromatic heterocycles. The molecule has 3 nitrogen and oxygen atoms in total. The number of nitrogens with two attached hydrogens (primary N) is 2. The lowest BCUT2D eigenvalue weighted by Crippen LogP contribution is -2.28. The molecule has 0 radical (unpaired) electrons. The second-order valence-electron chi connectivity index (χ2n) is 3.69. The predicted molar refractivity (Wildman–Crippen MR) is 61.4 cm³/mol. The molecule has 1 heterocycles. The van der Waals surface area contributed by atoms with Crippen LogP contribution in [0.4, 0.5) is 0 Å². The van der Waals surface area contributed by atoms with E-state index in [4.69, 9.17) is 11.5 Å². The van der Waals surface area contributed by atoms with Gasteiger partial charge in [-0.15, -0.1) is 0 Å². The molecule has 1 aromatic carbocycles. The van der Waals surface area contributed by atoms with Gasteiger partial charge in [0.15, 0.2) is 0 Å². The Morgan fingerprint density at radius 2 is 1.87 bits per heavy atom. The van der Waals surface area contributed by atoms with Crippen LogP contribution in [0.1, 0.15) is 5.56 Å². The van der Waals surface area contributed by atoms with Crippen molar-refractivity contribution in [2.75, 3.05) is 6.54 Å². The van der Waals surface area contributed by atoms with Crippen molar-refractivity contribution < 1.29 is 0 Å². The van der Waals surface area contributed by atoms with E-state index in [1.54, 1.807) is 0 Å². The van der Waals surface area contributed by atoms with Gasteiger partial charge in [-0.2, -0.15) is 0 Å². The minimum atomic E-state index is 0.680. The summed E-state index contributed by atoms with van der Waals surface area (Å²) in [6.07, 6.45) is 3.83. The zero-order valence-corrected chi connectivity index (χ0v) is 8.56. The van der Waals surface area contributed by atoms with Crippen molar-refractivity contribution in [3.05, 3.63) is 59.6 Å². The molecule has 1 aliphatic rings. The Hall–Kier alpha value is -1.90. The normalized spacial score (nSPS) is 15.9. The van der Waals surface area contributed by atoms with Crippen molar-refractivity contribution in [3.8, 4) is 0 Å². The Labute approximate surface area is 89.7 Å². The molecule has 0 unspecified atom stereocenters. The largest absolute Gasteiger partial charge is 0.399 e. The summed E-state index contributed by atoms with van der Waals surface area (Å²) < 4.78 is 0. The Kier molecular flexibility index (Phi) is 2.63. The summed E-state index contributed by atoms with van der Waals surface area (Å²) in [7, 11) is 0. The van der Waals surface area contributed by atoms with Gasteiger partial charge in [0, 0.05) is 12.7 Å². The highest BCUT2D eigenvalue weighted by molar-refractivity contribution is 5.26. The maximum absolute atomic E-state index is 5.78. The van der Waals surface area contributed by atoms with E-state index < -0.39 is 0 Å². The van der Waals surface area contributed by atoms with E-state index in [0.29, 0.717) is 12.2 Å². The number of benzene rings is 1. The maximum atomic E-state index is 5.78. The fourth-order valence-corrected chi connectivity index (χ4v) is 1.58. The SMILES string of the molecule is NC1=C(N)CN(Cc2ccccc2)C=C1. The molecule has 0 aliphatic carbocycles. The number of hydrogen-bond acceptors (Lipinski definition) is 3. The minimum Gasteiger partial charge on any atom is -0.399 e. The summed E-state index contributed by atoms with van der Waals surface area (Å²) in [5.41, 5.74) is 14.2. The topological polar surface area (TPSA) is 55.3 Å². The van der Waals surface area contributed by atoms with Crippen molar-refractivity contribution >= 4 is 0 Å². The lowest BCUT2D eigenvalue weighted by Gasteiger charge is -2.24. The number of rotatable bonds is 2. The third-order valence-electron chi connectivity index (χ3n) is 2.44. The smallest absolute Gasteiger partial charge is 0.0593 e. The first-order chi connectivity index (χ1) is 7.25. The van der Waals surface area contributed by atoms with Crippen LogP contribution < -0.4 is 11.5 Å². The fraction of sp³-hybridized carbons (Fsp3) is 0.167. The van der Waals surface area contributed by atoms with Crippen LogP contribution in [0.2, 0.25) is 0 Å². The molecule has 15 heavy (non-hydrogen) atoms. The summed E-state index contributed by atoms with van der Waals surface area (Å²) in [6.45, 7) is 1.57. The van der Waals surface area contributed by atoms with Crippen molar-refractivity contribution in [2.24, 2.45) is 11.5 Å². The summed E-state index contributed by atoms with van der Waals surface area (Å²) in [4.78, 5) is 2.14. The van der Waals surface area contributed by atoms with Crippen LogP contribution in [-0.2, 0) is 6.54 Å². The summed E-state index contributed by atoms with van der Waals surface area (Å²) >= 11 is 0. The second-order valence-corrected chi connectivity index (χ2v) is 3.69. The van der Waals surface area contributed by atoms with Crippen molar-refractivity contribution in [3.63, 3.8) is 0 Å². The van der Waals surface area contributed by atoms with Crippen LogP contribution >= 0.6 is 0 Å². The molecule has 2 rings (SSSR count). The molecule has 3 heteroatoms. The van der Waals surface area contributed by atoms with Gasteiger partial charge in [-0.05, 0) is 11.6 Å². The first-order valence-electron chi connectivity index (χ1n) is 4.96. The Morgan fingerprint density at radius 3 is 2.53 bits per heavy atom. The zero-order valence-electron chi connectivity index (χ0n) is 8.56. The first-order valence-corrected chi connectivity index (χ1v) is 4.96. The van der Waals surface area contributed by atoms with Crippen LogP contribution in [0.15, 0.2) is 54.0 Å². The van der Waals surface area contributed by atoms with Gasteiger partial charge in [-0.3, -0.25) is 0 Å². The first kappa shape index (κ1) is 9.65. The molecule has 0 fully saturated rings. The molecule has 1 aliphatic heterocycles. The lowest BCUT2D eigenvalue weighted by atomic mass is 10.2. The molecule has 4 N–H and O–H groups in total. The molecule has 78 valence electrons. The predicted octanol–water partition coefficient (Wildman–Crippen LogP) is 1.14. The molecule has 0 spiro atoms. The summed E-state index contributed by atoms with van der Waals surface area (Å²) in [5.74, 6) is 0. The van der Waals surface area contributed by atoms with Gasteiger partial charge in [0.05, 0.1) is 17.9 Å². The third kappa shape index (κ3) is 2.31. The van der Waals surface area contributed by atoms with Crippen LogP contribution in [-0.4, -0.2) is 11.4 Å². The Morgan fingerprint density at radius 1 is 1.13 bits per heavy atom. The van der Waals surface area contributed by atoms with E-state index in [1.807, 2.05) is 30.5 Å². The number of allylic oxidation sites excluding steroid dienone is 1. The number of hydrogen-bond donors (Lipinski definition) is 2. The van der Waals surface area contributed by atoms with Crippen molar-refractivity contribution in [1.29, 1.82) is 0 Å². The zero-order chi connectivity index (χ0) is 10.7. The average Bonchev–Trinajstić information content (AvgIpc) is 2.25. The van der Waals surface area contributed by atoms with Gasteiger partial charge in [-0.1, -0.05) is 30.3 Å². The van der Waals surface area contributed by atoms with Crippen molar-refractivity contribution in [1.82, 2.24) is 4.90 Å². The molecular weight excluding hydrogens is 186 g/mol. The van der Waals surface area contributed by atoms with Crippen LogP contribution in [0.25, 0.3) is 0 Å². The Balaban J connectivity index is 2.02. The molecule has 0 amide bonds. The number of nitrogens with zero attached hydrogens (tertiary/aromatic N) is 1. The molecule has 0 bridgehead atoms. The lowest BCUT2D eigenvalue weighted by molar-refractivity contribution is 0.391. The monoisotopic (exact) mass is 201 g/mol. The van der Waals surface area contributed by atoms with Crippen LogP contribution in [0, 0.1) is 0 Å². The van der Waals surface area contributed by atoms with E-state index in [9.17, 15) is 0 Å². The van der Waals surface area contributed by atoms with E-state index in [-0.39, 0.29) is 0 Å². The van der Waals surface area contributed by atoms with Crippen LogP contribution in [0.3, 0.4) is 0 Å². The van der Waals surface area contributed by atoms with E-state index in [1.165, 1.54) is 5.56 Å². The highest BCUT2D eigenvalue weighted by atomic mass is 15.1. The van der Waals surface area contributed by atoms with E-state index in [2.05, 4.69) is 17.0 Å². The molecule has 0 saturated carbocycles. The molecule has 1 aromatic rings. The van der Waals surface area contributed by atoms with Gasteiger partial charge in [0.25, 0.3) is 0 Å². The van der Waals surface area contributed by atoms with Gasteiger partial charge < -0.3 is 16.4 Å². The molecule has 0 atom stereocenters. The molecule has 0 saturated heterocycles. The molecular formula is C12H15N3. The van der Waals surface area contributed by atoms with E-state index in [0.717, 1.165) is 12.2 Å². The second kappa shape index (κ2) is 4.09. The quantitative estimate of drug-likeness (QED) is 0.754. The van der Waals surface area contributed by atoms with Gasteiger partial charge >= 0.3 is 0 Å². The van der Waals surface area contributed by atoms with E-state index >= 15 is 0 Å². The van der Waals surface area contributed by atoms with Crippen LogP contribution in [0.5, 0.6) is 0 Å². The third-order valence-corrected chi connectivity index (χ3v) is 2.44. The summed E-state index contributed by atoms with van der Waals surface area (Å²) in [5, 5.41) is 0. The highest BCUT2D eigenvalue weighted by Gasteiger charge is 2.08. The Bertz CT molecular complexity index is 393. The fourth-order valence-electron chi connectivity index (χ4n) is 1.58. The maximum Gasteiger partial charge on any atom is 0.0593 e. The van der Waals surface area contributed by atoms with Gasteiger partial charge in [-0.25, -0.2) is 0 Å².